The number of fused-ring (bicyclic) bond motifs is 3. The number of aliphatic hydroxyl groups excluding tert-OH is 1. The molecule has 0 saturated heterocycles. The van der Waals surface area contributed by atoms with Crippen LogP contribution >= 0.6 is 11.3 Å². The van der Waals surface area contributed by atoms with Crippen molar-refractivity contribution in [2.75, 3.05) is 11.9 Å². The van der Waals surface area contributed by atoms with E-state index in [1.165, 1.54) is 0 Å². The summed E-state index contributed by atoms with van der Waals surface area (Å²) in [7, 11) is 0. The van der Waals surface area contributed by atoms with Gasteiger partial charge in [-0.15, -0.1) is 16.4 Å². The van der Waals surface area contributed by atoms with Crippen molar-refractivity contribution in [1.82, 2.24) is 19.6 Å². The summed E-state index contributed by atoms with van der Waals surface area (Å²) in [6, 6.07) is 20.2. The third-order valence-electron chi connectivity index (χ3n) is 4.68. The van der Waals surface area contributed by atoms with Crippen molar-refractivity contribution < 1.29 is 5.11 Å². The first-order valence-electron chi connectivity index (χ1n) is 9.41. The minimum Gasteiger partial charge on any atom is -0.392 e. The van der Waals surface area contributed by atoms with Gasteiger partial charge in [0, 0.05) is 23.1 Å². The van der Waals surface area contributed by atoms with Crippen molar-refractivity contribution in [2.24, 2.45) is 0 Å². The summed E-state index contributed by atoms with van der Waals surface area (Å²) in [5.74, 6) is 1.22. The van der Waals surface area contributed by atoms with E-state index in [-0.39, 0.29) is 0 Å². The van der Waals surface area contributed by atoms with Crippen LogP contribution in [0.5, 0.6) is 0 Å². The molecule has 0 bridgehead atoms. The Bertz CT molecular complexity index is 1280. The Morgan fingerprint density at radius 1 is 1.00 bits per heavy atom. The van der Waals surface area contributed by atoms with E-state index >= 15 is 0 Å². The lowest BCUT2D eigenvalue weighted by atomic mass is 10.1. The minimum atomic E-state index is -0.497. The highest BCUT2D eigenvalue weighted by atomic mass is 32.1. The molecule has 3 heterocycles. The zero-order chi connectivity index (χ0) is 19.8. The van der Waals surface area contributed by atoms with E-state index in [1.807, 2.05) is 48.5 Å². The smallest absolute Gasteiger partial charge is 0.227 e. The van der Waals surface area contributed by atoms with E-state index < -0.39 is 6.10 Å². The van der Waals surface area contributed by atoms with E-state index in [1.54, 1.807) is 22.8 Å². The predicted octanol–water partition coefficient (Wildman–Crippen LogP) is 4.47. The maximum atomic E-state index is 9.70. The largest absolute Gasteiger partial charge is 0.392 e. The number of aromatic nitrogens is 4. The summed E-state index contributed by atoms with van der Waals surface area (Å²) in [6.45, 7) is 2.11. The van der Waals surface area contributed by atoms with Crippen LogP contribution in [0, 0.1) is 0 Å². The predicted molar refractivity (Wildman–Crippen MR) is 117 cm³/mol. The number of hydrogen-bond acceptors (Lipinski definition) is 6. The maximum absolute atomic E-state index is 9.70. The van der Waals surface area contributed by atoms with Crippen molar-refractivity contribution in [3.8, 4) is 22.5 Å². The van der Waals surface area contributed by atoms with Gasteiger partial charge in [0.05, 0.1) is 11.5 Å². The average Bonchev–Trinajstić information content (AvgIpc) is 3.37. The normalized spacial score (nSPS) is 12.5. The van der Waals surface area contributed by atoms with Crippen LogP contribution in [-0.2, 0) is 0 Å². The van der Waals surface area contributed by atoms with Crippen molar-refractivity contribution in [2.45, 2.75) is 13.0 Å². The highest BCUT2D eigenvalue weighted by molar-refractivity contribution is 7.17. The van der Waals surface area contributed by atoms with Gasteiger partial charge in [0.1, 0.15) is 4.83 Å². The summed E-state index contributed by atoms with van der Waals surface area (Å²) in [5, 5.41) is 20.7. The number of thiophene rings is 1. The molecule has 5 aromatic rings. The second-order valence-electron chi connectivity index (χ2n) is 6.90. The lowest BCUT2D eigenvalue weighted by Crippen LogP contribution is -2.18. The highest BCUT2D eigenvalue weighted by Gasteiger charge is 2.19. The monoisotopic (exact) mass is 401 g/mol. The molecule has 1 unspecified atom stereocenters. The van der Waals surface area contributed by atoms with E-state index in [2.05, 4.69) is 22.8 Å². The van der Waals surface area contributed by atoms with Gasteiger partial charge in [-0.05, 0) is 12.5 Å². The lowest BCUT2D eigenvalue weighted by Gasteiger charge is -2.09. The molecule has 1 atom stereocenters. The van der Waals surface area contributed by atoms with Gasteiger partial charge >= 0.3 is 0 Å². The fraction of sp³-hybridized carbons (Fsp3) is 0.136. The molecule has 0 spiro atoms. The summed E-state index contributed by atoms with van der Waals surface area (Å²) in [4.78, 5) is 10.5. The molecule has 7 heteroatoms. The van der Waals surface area contributed by atoms with Gasteiger partial charge in [-0.2, -0.15) is 4.52 Å². The third kappa shape index (κ3) is 3.24. The van der Waals surface area contributed by atoms with Gasteiger partial charge in [-0.3, -0.25) is 0 Å². The lowest BCUT2D eigenvalue weighted by molar-refractivity contribution is 0.208. The van der Waals surface area contributed by atoms with Crippen LogP contribution in [0.2, 0.25) is 0 Å². The zero-order valence-electron chi connectivity index (χ0n) is 15.8. The van der Waals surface area contributed by atoms with Gasteiger partial charge in [0.2, 0.25) is 5.95 Å². The number of nitrogens with one attached hydrogen (secondary N) is 1. The van der Waals surface area contributed by atoms with Crippen molar-refractivity contribution in [3.05, 3.63) is 66.0 Å². The van der Waals surface area contributed by atoms with Crippen LogP contribution in [0.25, 0.3) is 38.4 Å². The molecule has 0 saturated carbocycles. The zero-order valence-corrected chi connectivity index (χ0v) is 16.6. The van der Waals surface area contributed by atoms with Crippen LogP contribution < -0.4 is 5.32 Å². The maximum Gasteiger partial charge on any atom is 0.227 e. The summed E-state index contributed by atoms with van der Waals surface area (Å²) < 4.78 is 1.74. The molecule has 3 aromatic heterocycles. The van der Waals surface area contributed by atoms with Crippen LogP contribution in [0.4, 0.5) is 5.95 Å². The molecule has 2 N–H and O–H groups in total. The Morgan fingerprint density at radius 2 is 1.69 bits per heavy atom. The Labute approximate surface area is 171 Å². The number of nitrogens with zero attached hydrogens (tertiary/aromatic N) is 4. The van der Waals surface area contributed by atoms with Crippen LogP contribution in [-0.4, -0.2) is 37.3 Å². The topological polar surface area (TPSA) is 75.3 Å². The molecule has 144 valence electrons. The molecule has 0 aliphatic carbocycles. The third-order valence-corrected chi connectivity index (χ3v) is 5.56. The van der Waals surface area contributed by atoms with Gasteiger partial charge in [-0.1, -0.05) is 60.7 Å². The van der Waals surface area contributed by atoms with Crippen LogP contribution in [0.1, 0.15) is 6.92 Å². The molecule has 2 aromatic carbocycles. The number of hydrogen-bond donors (Lipinski definition) is 2. The molecule has 5 rings (SSSR count). The minimum absolute atomic E-state index is 0.380. The van der Waals surface area contributed by atoms with Crippen molar-refractivity contribution in [1.29, 1.82) is 0 Å². The first-order chi connectivity index (χ1) is 14.2. The van der Waals surface area contributed by atoms with Crippen LogP contribution in [0.15, 0.2) is 66.0 Å². The molecule has 6 nitrogen and oxygen atoms in total. The van der Waals surface area contributed by atoms with Crippen molar-refractivity contribution in [3.63, 3.8) is 0 Å². The molecule has 0 amide bonds. The standard InChI is InChI=1S/C22H19N5OS/c1-14(28)12-23-22-25-21-18(17(13-29-21)15-8-4-2-5-9-15)20-24-19(26-27(20)22)16-10-6-3-7-11-16/h2-11,13-14,28H,12H2,1H3,(H,23,25). The highest BCUT2D eigenvalue weighted by Crippen LogP contribution is 2.36. The first-order valence-corrected chi connectivity index (χ1v) is 10.3. The second-order valence-corrected chi connectivity index (χ2v) is 7.76. The van der Waals surface area contributed by atoms with E-state index in [0.717, 1.165) is 32.6 Å². The van der Waals surface area contributed by atoms with Gasteiger partial charge in [0.25, 0.3) is 0 Å². The SMILES string of the molecule is CC(O)CNc1nc2scc(-c3ccccc3)c2c2nc(-c3ccccc3)nn12. The Hall–Kier alpha value is -3.29. The average molecular weight is 401 g/mol. The first kappa shape index (κ1) is 17.8. The summed E-state index contributed by atoms with van der Waals surface area (Å²) in [5.41, 5.74) is 3.91. The molecule has 0 fully saturated rings. The fourth-order valence-electron chi connectivity index (χ4n) is 3.30. The Balaban J connectivity index is 1.77. The molecular weight excluding hydrogens is 382 g/mol. The number of anilines is 1. The quantitative estimate of drug-likeness (QED) is 0.455. The molecule has 29 heavy (non-hydrogen) atoms. The number of aliphatic hydroxyl groups is 1. The van der Waals surface area contributed by atoms with Gasteiger partial charge in [-0.25, -0.2) is 9.97 Å². The summed E-state index contributed by atoms with van der Waals surface area (Å²) >= 11 is 1.58. The van der Waals surface area contributed by atoms with Gasteiger partial charge < -0.3 is 10.4 Å². The van der Waals surface area contributed by atoms with Crippen LogP contribution in [0.3, 0.4) is 0 Å². The molecular formula is C22H19N5OS. The van der Waals surface area contributed by atoms with E-state index in [9.17, 15) is 5.11 Å². The Morgan fingerprint density at radius 3 is 2.38 bits per heavy atom. The summed E-state index contributed by atoms with van der Waals surface area (Å²) in [6.07, 6.45) is -0.497. The number of benzene rings is 2. The molecule has 0 aliphatic rings. The van der Waals surface area contributed by atoms with Gasteiger partial charge in [0.15, 0.2) is 11.5 Å². The van der Waals surface area contributed by atoms with Crippen molar-refractivity contribution >= 4 is 33.1 Å². The molecule has 0 radical (unpaired) electrons. The fourth-order valence-corrected chi connectivity index (χ4v) is 4.25. The van der Waals surface area contributed by atoms with E-state index in [0.29, 0.717) is 18.3 Å². The van der Waals surface area contributed by atoms with E-state index in [4.69, 9.17) is 15.1 Å². The second kappa shape index (κ2) is 7.27. The number of rotatable bonds is 5. The molecule has 0 aliphatic heterocycles. The Kier molecular flexibility index (Phi) is 4.46.